The maximum Gasteiger partial charge on any atom is 0.224 e. The van der Waals surface area contributed by atoms with E-state index in [0.717, 1.165) is 25.9 Å². The third kappa shape index (κ3) is 5.50. The van der Waals surface area contributed by atoms with Crippen LogP contribution < -0.4 is 10.6 Å². The minimum absolute atomic E-state index is 0.00877. The van der Waals surface area contributed by atoms with Crippen molar-refractivity contribution in [1.29, 1.82) is 0 Å². The molecule has 3 heteroatoms. The highest BCUT2D eigenvalue weighted by molar-refractivity contribution is 5.79. The van der Waals surface area contributed by atoms with Gasteiger partial charge in [-0.15, -0.1) is 0 Å². The van der Waals surface area contributed by atoms with Crippen LogP contribution >= 0.6 is 0 Å². The third-order valence-electron chi connectivity index (χ3n) is 4.12. The standard InChI is InChI=1S/C18H30N2O/c1-5-15(6-2)17(16-11-9-8-10-12-16)20-18(21)14(4)13-19-7-3/h8-12,14-15,17,19H,5-7,13H2,1-4H3,(H,20,21). The van der Waals surface area contributed by atoms with Crippen LogP contribution in [0.1, 0.15) is 52.1 Å². The molecule has 1 amide bonds. The molecule has 2 N–H and O–H groups in total. The number of carbonyl (C=O) groups is 1. The average molecular weight is 290 g/mol. The van der Waals surface area contributed by atoms with Gasteiger partial charge in [-0.3, -0.25) is 4.79 Å². The van der Waals surface area contributed by atoms with E-state index < -0.39 is 0 Å². The zero-order chi connectivity index (χ0) is 15.7. The normalized spacial score (nSPS) is 14.0. The molecule has 0 bridgehead atoms. The second-order valence-electron chi connectivity index (χ2n) is 5.68. The Hall–Kier alpha value is -1.35. The molecule has 1 aromatic carbocycles. The van der Waals surface area contributed by atoms with Crippen LogP contribution in [0.5, 0.6) is 0 Å². The van der Waals surface area contributed by atoms with Gasteiger partial charge >= 0.3 is 0 Å². The SMILES string of the molecule is CCNCC(C)C(=O)NC(c1ccccc1)C(CC)CC. The summed E-state index contributed by atoms with van der Waals surface area (Å²) in [6.07, 6.45) is 2.13. The fourth-order valence-corrected chi connectivity index (χ4v) is 2.64. The number of benzene rings is 1. The van der Waals surface area contributed by atoms with Crippen LogP contribution in [0, 0.1) is 11.8 Å². The van der Waals surface area contributed by atoms with Crippen molar-refractivity contribution < 1.29 is 4.79 Å². The molecule has 0 aliphatic rings. The second-order valence-corrected chi connectivity index (χ2v) is 5.68. The second kappa shape index (κ2) is 9.56. The Balaban J connectivity index is 2.80. The predicted octanol–water partition coefficient (Wildman–Crippen LogP) is 3.53. The van der Waals surface area contributed by atoms with Gasteiger partial charge in [-0.25, -0.2) is 0 Å². The Morgan fingerprint density at radius 3 is 2.24 bits per heavy atom. The van der Waals surface area contributed by atoms with E-state index in [2.05, 4.69) is 43.5 Å². The summed E-state index contributed by atoms with van der Waals surface area (Å²) in [5.41, 5.74) is 1.20. The van der Waals surface area contributed by atoms with Crippen molar-refractivity contribution in [1.82, 2.24) is 10.6 Å². The number of hydrogen-bond donors (Lipinski definition) is 2. The van der Waals surface area contributed by atoms with E-state index in [-0.39, 0.29) is 17.9 Å². The molecule has 0 aromatic heterocycles. The van der Waals surface area contributed by atoms with Gasteiger partial charge in [0.15, 0.2) is 0 Å². The highest BCUT2D eigenvalue weighted by Crippen LogP contribution is 2.27. The van der Waals surface area contributed by atoms with E-state index >= 15 is 0 Å². The van der Waals surface area contributed by atoms with Crippen LogP contribution in [-0.2, 0) is 4.79 Å². The molecule has 0 aliphatic heterocycles. The van der Waals surface area contributed by atoms with Gasteiger partial charge in [0.25, 0.3) is 0 Å². The lowest BCUT2D eigenvalue weighted by molar-refractivity contribution is -0.125. The quantitative estimate of drug-likeness (QED) is 0.730. The Labute approximate surface area is 129 Å². The van der Waals surface area contributed by atoms with Crippen molar-refractivity contribution in [3.05, 3.63) is 35.9 Å². The maximum atomic E-state index is 12.4. The van der Waals surface area contributed by atoms with Crippen LogP contribution in [0.15, 0.2) is 30.3 Å². The molecule has 0 heterocycles. The molecule has 1 aromatic rings. The largest absolute Gasteiger partial charge is 0.349 e. The third-order valence-corrected chi connectivity index (χ3v) is 4.12. The minimum atomic E-state index is -0.00877. The highest BCUT2D eigenvalue weighted by Gasteiger charge is 2.24. The summed E-state index contributed by atoms with van der Waals surface area (Å²) >= 11 is 0. The topological polar surface area (TPSA) is 41.1 Å². The smallest absolute Gasteiger partial charge is 0.224 e. The summed E-state index contributed by atoms with van der Waals surface area (Å²) in [7, 11) is 0. The molecular formula is C18H30N2O. The molecule has 0 aliphatic carbocycles. The Morgan fingerprint density at radius 2 is 1.71 bits per heavy atom. The number of nitrogens with one attached hydrogen (secondary N) is 2. The van der Waals surface area contributed by atoms with Crippen molar-refractivity contribution >= 4 is 5.91 Å². The molecule has 0 fully saturated rings. The van der Waals surface area contributed by atoms with Crippen molar-refractivity contribution in [2.75, 3.05) is 13.1 Å². The molecule has 2 unspecified atom stereocenters. The molecule has 3 nitrogen and oxygen atoms in total. The summed E-state index contributed by atoms with van der Waals surface area (Å²) in [6, 6.07) is 10.4. The van der Waals surface area contributed by atoms with Crippen LogP contribution in [0.25, 0.3) is 0 Å². The number of amides is 1. The summed E-state index contributed by atoms with van der Waals surface area (Å²) in [5, 5.41) is 6.50. The van der Waals surface area contributed by atoms with E-state index in [4.69, 9.17) is 0 Å². The van der Waals surface area contributed by atoms with Gasteiger partial charge in [-0.2, -0.15) is 0 Å². The molecule has 118 valence electrons. The monoisotopic (exact) mass is 290 g/mol. The fourth-order valence-electron chi connectivity index (χ4n) is 2.64. The van der Waals surface area contributed by atoms with Gasteiger partial charge in [0.05, 0.1) is 6.04 Å². The predicted molar refractivity (Wildman–Crippen MR) is 89.1 cm³/mol. The number of rotatable bonds is 9. The van der Waals surface area contributed by atoms with Gasteiger partial charge in [0.2, 0.25) is 5.91 Å². The van der Waals surface area contributed by atoms with E-state index in [1.807, 2.05) is 25.1 Å². The lowest BCUT2D eigenvalue weighted by Crippen LogP contribution is -2.39. The number of carbonyl (C=O) groups excluding carboxylic acids is 1. The lowest BCUT2D eigenvalue weighted by atomic mass is 9.88. The molecule has 0 saturated heterocycles. The molecule has 1 rings (SSSR count). The van der Waals surface area contributed by atoms with Crippen LogP contribution in [0.3, 0.4) is 0 Å². The molecular weight excluding hydrogens is 260 g/mol. The first-order valence-corrected chi connectivity index (χ1v) is 8.19. The number of hydrogen-bond acceptors (Lipinski definition) is 2. The van der Waals surface area contributed by atoms with Gasteiger partial charge in [-0.05, 0) is 18.0 Å². The first-order chi connectivity index (χ1) is 10.1. The molecule has 21 heavy (non-hydrogen) atoms. The van der Waals surface area contributed by atoms with E-state index in [0.29, 0.717) is 5.92 Å². The Bertz CT molecular complexity index is 401. The van der Waals surface area contributed by atoms with Gasteiger partial charge in [0.1, 0.15) is 0 Å². The van der Waals surface area contributed by atoms with Crippen LogP contribution in [0.4, 0.5) is 0 Å². The summed E-state index contributed by atoms with van der Waals surface area (Å²) < 4.78 is 0. The van der Waals surface area contributed by atoms with Crippen molar-refractivity contribution in [2.45, 2.75) is 46.6 Å². The zero-order valence-corrected chi connectivity index (χ0v) is 13.9. The average Bonchev–Trinajstić information content (AvgIpc) is 2.53. The summed E-state index contributed by atoms with van der Waals surface area (Å²) in [6.45, 7) is 10.0. The van der Waals surface area contributed by atoms with E-state index in [9.17, 15) is 4.79 Å². The summed E-state index contributed by atoms with van der Waals surface area (Å²) in [5.74, 6) is 0.602. The Kier molecular flexibility index (Phi) is 8.06. The zero-order valence-electron chi connectivity index (χ0n) is 13.9. The van der Waals surface area contributed by atoms with Gasteiger partial charge in [-0.1, -0.05) is 70.9 Å². The van der Waals surface area contributed by atoms with Crippen LogP contribution in [-0.4, -0.2) is 19.0 Å². The van der Waals surface area contributed by atoms with E-state index in [1.165, 1.54) is 5.56 Å². The molecule has 0 radical (unpaired) electrons. The van der Waals surface area contributed by atoms with Gasteiger partial charge in [0, 0.05) is 12.5 Å². The van der Waals surface area contributed by atoms with Crippen molar-refractivity contribution in [2.24, 2.45) is 11.8 Å². The summed E-state index contributed by atoms with van der Waals surface area (Å²) in [4.78, 5) is 12.4. The first kappa shape index (κ1) is 17.7. The van der Waals surface area contributed by atoms with E-state index in [1.54, 1.807) is 0 Å². The van der Waals surface area contributed by atoms with Crippen molar-refractivity contribution in [3.63, 3.8) is 0 Å². The molecule has 0 spiro atoms. The fraction of sp³-hybridized carbons (Fsp3) is 0.611. The minimum Gasteiger partial charge on any atom is -0.349 e. The highest BCUT2D eigenvalue weighted by atomic mass is 16.1. The van der Waals surface area contributed by atoms with Crippen LogP contribution in [0.2, 0.25) is 0 Å². The molecule has 2 atom stereocenters. The molecule has 0 saturated carbocycles. The Morgan fingerprint density at radius 1 is 1.10 bits per heavy atom. The van der Waals surface area contributed by atoms with Crippen molar-refractivity contribution in [3.8, 4) is 0 Å². The first-order valence-electron chi connectivity index (χ1n) is 8.19. The maximum absolute atomic E-state index is 12.4. The lowest BCUT2D eigenvalue weighted by Gasteiger charge is -2.28. The van der Waals surface area contributed by atoms with Gasteiger partial charge < -0.3 is 10.6 Å².